The number of piperidine rings is 1. The fraction of sp³-hybridized carbons (Fsp3) is 0.857. The Balaban J connectivity index is 2.04. The molecule has 2 N–H and O–H groups in total. The Morgan fingerprint density at radius 3 is 2.45 bits per heavy atom. The van der Waals surface area contributed by atoms with E-state index in [1.165, 1.54) is 4.90 Å². The van der Waals surface area contributed by atoms with Crippen molar-refractivity contribution in [3.8, 4) is 0 Å². The number of alkyl halides is 2. The normalized spacial score (nSPS) is 26.1. The Morgan fingerprint density at radius 2 is 1.91 bits per heavy atom. The van der Waals surface area contributed by atoms with Gasteiger partial charge in [-0.05, 0) is 20.8 Å². The molecule has 0 spiro atoms. The van der Waals surface area contributed by atoms with Crippen LogP contribution in [0.1, 0.15) is 27.2 Å². The van der Waals surface area contributed by atoms with Crippen LogP contribution in [-0.4, -0.2) is 54.7 Å². The van der Waals surface area contributed by atoms with Crippen molar-refractivity contribution in [2.24, 2.45) is 11.8 Å². The van der Waals surface area contributed by atoms with Gasteiger partial charge < -0.3 is 20.3 Å². The average Bonchev–Trinajstić information content (AvgIpc) is 2.37. The van der Waals surface area contributed by atoms with E-state index in [9.17, 15) is 18.4 Å². The van der Waals surface area contributed by atoms with E-state index in [2.05, 4.69) is 10.6 Å². The summed E-state index contributed by atoms with van der Waals surface area (Å²) in [5.74, 6) is -4.27. The highest BCUT2D eigenvalue weighted by atomic mass is 19.3. The molecule has 2 aliphatic heterocycles. The molecular weight excluding hydrogens is 296 g/mol. The van der Waals surface area contributed by atoms with Gasteiger partial charge in [-0.2, -0.15) is 0 Å². The van der Waals surface area contributed by atoms with E-state index in [1.807, 2.05) is 0 Å². The van der Waals surface area contributed by atoms with E-state index in [-0.39, 0.29) is 38.6 Å². The standard InChI is InChI=1S/C14H23F2N3O3/c1-13(2,3)22-12(21)19-5-4-14(15,16)10(8-19)9-6-17-11(20)18-7-9/h9-10H,4-8H2,1-3H3,(H2,17,18,20). The summed E-state index contributed by atoms with van der Waals surface area (Å²) in [6.07, 6.45) is -0.956. The quantitative estimate of drug-likeness (QED) is 0.774. The van der Waals surface area contributed by atoms with E-state index < -0.39 is 29.5 Å². The van der Waals surface area contributed by atoms with E-state index in [0.29, 0.717) is 0 Å². The molecule has 8 heteroatoms. The lowest BCUT2D eigenvalue weighted by atomic mass is 9.81. The predicted molar refractivity (Wildman–Crippen MR) is 75.8 cm³/mol. The van der Waals surface area contributed by atoms with Crippen LogP contribution in [0, 0.1) is 11.8 Å². The minimum Gasteiger partial charge on any atom is -0.444 e. The zero-order chi connectivity index (χ0) is 16.5. The highest BCUT2D eigenvalue weighted by Gasteiger charge is 2.49. The van der Waals surface area contributed by atoms with Crippen molar-refractivity contribution >= 4 is 12.1 Å². The summed E-state index contributed by atoms with van der Waals surface area (Å²) in [5.41, 5.74) is -0.660. The van der Waals surface area contributed by atoms with Crippen LogP contribution in [-0.2, 0) is 4.74 Å². The van der Waals surface area contributed by atoms with Crippen LogP contribution in [0.3, 0.4) is 0 Å². The van der Waals surface area contributed by atoms with Crippen LogP contribution in [0.4, 0.5) is 18.4 Å². The number of hydrogen-bond acceptors (Lipinski definition) is 3. The van der Waals surface area contributed by atoms with Gasteiger partial charge in [-0.15, -0.1) is 0 Å². The van der Waals surface area contributed by atoms with Gasteiger partial charge in [0, 0.05) is 44.4 Å². The largest absolute Gasteiger partial charge is 0.444 e. The number of rotatable bonds is 1. The fourth-order valence-corrected chi connectivity index (χ4v) is 2.78. The molecule has 0 aromatic carbocycles. The number of ether oxygens (including phenoxy) is 1. The first-order valence-electron chi connectivity index (χ1n) is 7.46. The lowest BCUT2D eigenvalue weighted by Crippen LogP contribution is -2.58. The summed E-state index contributed by atoms with van der Waals surface area (Å²) in [7, 11) is 0. The highest BCUT2D eigenvalue weighted by Crippen LogP contribution is 2.38. The SMILES string of the molecule is CC(C)(C)OC(=O)N1CCC(F)(F)C(C2CNC(=O)NC2)C1. The van der Waals surface area contributed by atoms with Crippen LogP contribution in [0.25, 0.3) is 0 Å². The van der Waals surface area contributed by atoms with Gasteiger partial charge >= 0.3 is 12.1 Å². The Morgan fingerprint density at radius 1 is 1.32 bits per heavy atom. The van der Waals surface area contributed by atoms with Gasteiger partial charge in [0.05, 0.1) is 0 Å². The van der Waals surface area contributed by atoms with E-state index >= 15 is 0 Å². The summed E-state index contributed by atoms with van der Waals surface area (Å²) in [5, 5.41) is 5.06. The molecule has 1 unspecified atom stereocenters. The van der Waals surface area contributed by atoms with Gasteiger partial charge in [0.15, 0.2) is 0 Å². The topological polar surface area (TPSA) is 70.7 Å². The zero-order valence-electron chi connectivity index (χ0n) is 13.1. The molecule has 2 heterocycles. The van der Waals surface area contributed by atoms with Crippen LogP contribution < -0.4 is 10.6 Å². The lowest BCUT2D eigenvalue weighted by molar-refractivity contribution is -0.123. The van der Waals surface area contributed by atoms with Gasteiger partial charge in [-0.3, -0.25) is 0 Å². The van der Waals surface area contributed by atoms with Gasteiger partial charge in [0.1, 0.15) is 5.60 Å². The molecule has 0 bridgehead atoms. The van der Waals surface area contributed by atoms with Gasteiger partial charge in [-0.1, -0.05) is 0 Å². The molecule has 1 atom stereocenters. The Labute approximate surface area is 128 Å². The maximum absolute atomic E-state index is 14.2. The molecule has 126 valence electrons. The van der Waals surface area contributed by atoms with Gasteiger partial charge in [0.2, 0.25) is 0 Å². The molecule has 2 aliphatic rings. The number of carbonyl (C=O) groups is 2. The molecule has 0 aliphatic carbocycles. The smallest absolute Gasteiger partial charge is 0.410 e. The molecule has 0 saturated carbocycles. The Kier molecular flexibility index (Phi) is 4.49. The van der Waals surface area contributed by atoms with Crippen molar-refractivity contribution in [1.82, 2.24) is 15.5 Å². The second-order valence-corrected chi connectivity index (χ2v) is 6.89. The van der Waals surface area contributed by atoms with Crippen molar-refractivity contribution < 1.29 is 23.1 Å². The van der Waals surface area contributed by atoms with Crippen molar-refractivity contribution in [2.45, 2.75) is 38.7 Å². The van der Waals surface area contributed by atoms with Crippen LogP contribution in [0.2, 0.25) is 0 Å². The number of nitrogens with one attached hydrogen (secondary N) is 2. The summed E-state index contributed by atoms with van der Waals surface area (Å²) >= 11 is 0. The second kappa shape index (κ2) is 5.89. The first kappa shape index (κ1) is 16.8. The third-order valence-electron chi connectivity index (χ3n) is 3.94. The molecule has 0 aromatic heterocycles. The number of likely N-dealkylation sites (tertiary alicyclic amines) is 1. The lowest BCUT2D eigenvalue weighted by Gasteiger charge is -2.43. The molecule has 2 fully saturated rings. The van der Waals surface area contributed by atoms with E-state index in [0.717, 1.165) is 0 Å². The number of halogens is 2. The maximum Gasteiger partial charge on any atom is 0.410 e. The number of urea groups is 1. The minimum atomic E-state index is -2.85. The molecule has 6 nitrogen and oxygen atoms in total. The van der Waals surface area contributed by atoms with Crippen LogP contribution >= 0.6 is 0 Å². The molecule has 2 rings (SSSR count). The predicted octanol–water partition coefficient (Wildman–Crippen LogP) is 1.81. The number of hydrogen-bond donors (Lipinski definition) is 2. The van der Waals surface area contributed by atoms with Gasteiger partial charge in [0.25, 0.3) is 5.92 Å². The van der Waals surface area contributed by atoms with E-state index in [4.69, 9.17) is 4.74 Å². The summed E-state index contributed by atoms with van der Waals surface area (Å²) in [6, 6.07) is -0.348. The Bertz CT molecular complexity index is 441. The monoisotopic (exact) mass is 319 g/mol. The molecule has 22 heavy (non-hydrogen) atoms. The fourth-order valence-electron chi connectivity index (χ4n) is 2.78. The average molecular weight is 319 g/mol. The summed E-state index contributed by atoms with van der Waals surface area (Å²) < 4.78 is 33.7. The number of carbonyl (C=O) groups excluding carboxylic acids is 2. The van der Waals surface area contributed by atoms with Gasteiger partial charge in [-0.25, -0.2) is 18.4 Å². The van der Waals surface area contributed by atoms with Crippen molar-refractivity contribution in [3.63, 3.8) is 0 Å². The zero-order valence-corrected chi connectivity index (χ0v) is 13.1. The third kappa shape index (κ3) is 3.98. The van der Waals surface area contributed by atoms with Crippen molar-refractivity contribution in [3.05, 3.63) is 0 Å². The van der Waals surface area contributed by atoms with Crippen LogP contribution in [0.5, 0.6) is 0 Å². The molecule has 3 amide bonds. The molecular formula is C14H23F2N3O3. The molecule has 2 saturated heterocycles. The maximum atomic E-state index is 14.2. The Hall–Kier alpha value is -1.60. The second-order valence-electron chi connectivity index (χ2n) is 6.89. The first-order valence-corrected chi connectivity index (χ1v) is 7.46. The minimum absolute atomic E-state index is 0.0229. The van der Waals surface area contributed by atoms with Crippen molar-refractivity contribution in [2.75, 3.05) is 26.2 Å². The first-order chi connectivity index (χ1) is 10.1. The summed E-state index contributed by atoms with van der Waals surface area (Å²) in [4.78, 5) is 24.5. The molecule has 0 radical (unpaired) electrons. The van der Waals surface area contributed by atoms with E-state index in [1.54, 1.807) is 20.8 Å². The highest BCUT2D eigenvalue weighted by molar-refractivity contribution is 5.74. The van der Waals surface area contributed by atoms with Crippen molar-refractivity contribution in [1.29, 1.82) is 0 Å². The molecule has 0 aromatic rings. The number of nitrogens with zero attached hydrogens (tertiary/aromatic N) is 1. The number of amides is 3. The van der Waals surface area contributed by atoms with Crippen LogP contribution in [0.15, 0.2) is 0 Å². The summed E-state index contributed by atoms with van der Waals surface area (Å²) in [6.45, 7) is 5.50. The third-order valence-corrected chi connectivity index (χ3v) is 3.94.